The smallest absolute Gasteiger partial charge is 0.411 e. The molecule has 1 aromatic heterocycles. The lowest BCUT2D eigenvalue weighted by Gasteiger charge is -2.37. The van der Waals surface area contributed by atoms with Gasteiger partial charge in [0.1, 0.15) is 6.10 Å². The van der Waals surface area contributed by atoms with Crippen LogP contribution in [0.2, 0.25) is 0 Å². The first kappa shape index (κ1) is 24.3. The monoisotopic (exact) mass is 484 g/mol. The maximum Gasteiger partial charge on any atom is 0.411 e. The number of benzene rings is 1. The minimum Gasteiger partial charge on any atom is -0.439 e. The standard InChI is InChI=1S/C25H32N4O4S/c1-16-22(17-8-6-5-7-9-17)33-24(32)29(16)18-10-12-28(13-11-18)21(31)15-34-23-26-19(25(2,3)4)14-20(30)27-23/h5-9,14,16,18,22H,10-13,15H2,1-4H3,(H,26,27,30). The summed E-state index contributed by atoms with van der Waals surface area (Å²) >= 11 is 1.25. The average molecular weight is 485 g/mol. The van der Waals surface area contributed by atoms with E-state index >= 15 is 0 Å². The number of hydrogen-bond donors (Lipinski definition) is 1. The predicted molar refractivity (Wildman–Crippen MR) is 131 cm³/mol. The third kappa shape index (κ3) is 5.29. The summed E-state index contributed by atoms with van der Waals surface area (Å²) in [7, 11) is 0. The molecule has 9 heteroatoms. The Morgan fingerprint density at radius 2 is 1.85 bits per heavy atom. The Bertz CT molecular complexity index is 1090. The van der Waals surface area contributed by atoms with Crippen molar-refractivity contribution in [3.8, 4) is 0 Å². The Hall–Kier alpha value is -2.81. The van der Waals surface area contributed by atoms with Crippen LogP contribution in [0, 0.1) is 0 Å². The van der Waals surface area contributed by atoms with E-state index in [0.29, 0.717) is 36.8 Å². The van der Waals surface area contributed by atoms with E-state index in [9.17, 15) is 14.4 Å². The van der Waals surface area contributed by atoms with Gasteiger partial charge in [-0.25, -0.2) is 9.78 Å². The minimum atomic E-state index is -0.282. The van der Waals surface area contributed by atoms with Crippen molar-refractivity contribution >= 4 is 23.8 Å². The van der Waals surface area contributed by atoms with Crippen molar-refractivity contribution in [3.63, 3.8) is 0 Å². The maximum atomic E-state index is 12.8. The first-order chi connectivity index (χ1) is 16.1. The Kier molecular flexibility index (Phi) is 7.02. The van der Waals surface area contributed by atoms with Crippen LogP contribution in [0.1, 0.15) is 57.9 Å². The third-order valence-electron chi connectivity index (χ3n) is 6.47. The van der Waals surface area contributed by atoms with Crippen LogP contribution < -0.4 is 5.56 Å². The first-order valence-electron chi connectivity index (χ1n) is 11.7. The number of likely N-dealkylation sites (tertiary alicyclic amines) is 1. The van der Waals surface area contributed by atoms with Gasteiger partial charge >= 0.3 is 6.09 Å². The molecule has 2 unspecified atom stereocenters. The average Bonchev–Trinajstić information content (AvgIpc) is 3.11. The molecule has 0 radical (unpaired) electrons. The molecule has 0 aliphatic carbocycles. The zero-order chi connectivity index (χ0) is 24.5. The molecule has 1 aromatic carbocycles. The number of hydrogen-bond acceptors (Lipinski definition) is 6. The number of cyclic esters (lactones) is 1. The van der Waals surface area contributed by atoms with Gasteiger partial charge in [0.05, 0.1) is 17.5 Å². The Labute approximate surface area is 204 Å². The number of carbonyl (C=O) groups is 2. The largest absolute Gasteiger partial charge is 0.439 e. The summed E-state index contributed by atoms with van der Waals surface area (Å²) in [6.45, 7) is 9.19. The summed E-state index contributed by atoms with van der Waals surface area (Å²) in [5, 5.41) is 0.459. The van der Waals surface area contributed by atoms with Gasteiger partial charge in [-0.3, -0.25) is 14.5 Å². The molecule has 0 spiro atoms. The van der Waals surface area contributed by atoms with Crippen molar-refractivity contribution in [3.05, 3.63) is 58.0 Å². The van der Waals surface area contributed by atoms with Gasteiger partial charge in [0, 0.05) is 30.6 Å². The fourth-order valence-electron chi connectivity index (χ4n) is 4.55. The van der Waals surface area contributed by atoms with E-state index in [1.807, 2.05) is 67.8 Å². The molecular formula is C25H32N4O4S. The van der Waals surface area contributed by atoms with Crippen molar-refractivity contribution in [2.75, 3.05) is 18.8 Å². The number of ether oxygens (including phenoxy) is 1. The number of thioether (sulfide) groups is 1. The molecule has 2 amide bonds. The van der Waals surface area contributed by atoms with Gasteiger partial charge in [-0.15, -0.1) is 0 Å². The summed E-state index contributed by atoms with van der Waals surface area (Å²) in [6.07, 6.45) is 0.872. The second kappa shape index (κ2) is 9.82. The van der Waals surface area contributed by atoms with Gasteiger partial charge in [-0.05, 0) is 25.3 Å². The van der Waals surface area contributed by atoms with Gasteiger partial charge in [0.15, 0.2) is 5.16 Å². The van der Waals surface area contributed by atoms with Crippen LogP contribution >= 0.6 is 11.8 Å². The van der Waals surface area contributed by atoms with Gasteiger partial charge in [-0.2, -0.15) is 0 Å². The maximum absolute atomic E-state index is 12.8. The fraction of sp³-hybridized carbons (Fsp3) is 0.520. The third-order valence-corrected chi connectivity index (χ3v) is 7.33. The van der Waals surface area contributed by atoms with E-state index in [1.165, 1.54) is 17.8 Å². The molecule has 2 aliphatic rings. The molecule has 182 valence electrons. The highest BCUT2D eigenvalue weighted by Gasteiger charge is 2.44. The van der Waals surface area contributed by atoms with Crippen molar-refractivity contribution in [1.82, 2.24) is 19.8 Å². The number of H-pyrrole nitrogens is 1. The van der Waals surface area contributed by atoms with E-state index in [0.717, 1.165) is 5.56 Å². The highest BCUT2D eigenvalue weighted by molar-refractivity contribution is 7.99. The predicted octanol–water partition coefficient (Wildman–Crippen LogP) is 3.73. The van der Waals surface area contributed by atoms with Crippen molar-refractivity contribution in [2.24, 2.45) is 0 Å². The molecule has 3 heterocycles. The number of rotatable bonds is 5. The molecule has 2 atom stereocenters. The van der Waals surface area contributed by atoms with Crippen molar-refractivity contribution < 1.29 is 14.3 Å². The minimum absolute atomic E-state index is 0.00599. The molecule has 2 fully saturated rings. The molecule has 1 N–H and O–H groups in total. The zero-order valence-electron chi connectivity index (χ0n) is 20.1. The number of piperidine rings is 1. The van der Waals surface area contributed by atoms with E-state index in [2.05, 4.69) is 9.97 Å². The van der Waals surface area contributed by atoms with Gasteiger partial charge in [-0.1, -0.05) is 62.9 Å². The lowest BCUT2D eigenvalue weighted by atomic mass is 9.92. The first-order valence-corrected chi connectivity index (χ1v) is 12.7. The van der Waals surface area contributed by atoms with Gasteiger partial charge < -0.3 is 14.6 Å². The van der Waals surface area contributed by atoms with Crippen LogP contribution in [-0.2, 0) is 14.9 Å². The van der Waals surface area contributed by atoms with E-state index in [4.69, 9.17) is 4.74 Å². The number of nitrogens with zero attached hydrogens (tertiary/aromatic N) is 3. The topological polar surface area (TPSA) is 95.6 Å². The number of carbonyl (C=O) groups excluding carboxylic acids is 2. The second-order valence-electron chi connectivity index (χ2n) is 9.95. The lowest BCUT2D eigenvalue weighted by molar-refractivity contribution is -0.129. The molecule has 4 rings (SSSR count). The summed E-state index contributed by atoms with van der Waals surface area (Å²) in [5.74, 6) is 0.214. The molecule has 8 nitrogen and oxygen atoms in total. The Morgan fingerprint density at radius 3 is 2.50 bits per heavy atom. The summed E-state index contributed by atoms with van der Waals surface area (Å²) in [4.78, 5) is 48.4. The van der Waals surface area contributed by atoms with Gasteiger partial charge in [0.25, 0.3) is 5.56 Å². The Balaban J connectivity index is 1.32. The second-order valence-corrected chi connectivity index (χ2v) is 10.9. The summed E-state index contributed by atoms with van der Waals surface area (Å²) < 4.78 is 5.70. The Morgan fingerprint density at radius 1 is 1.18 bits per heavy atom. The van der Waals surface area contributed by atoms with Crippen molar-refractivity contribution in [2.45, 2.75) is 69.3 Å². The highest BCUT2D eigenvalue weighted by atomic mass is 32.2. The summed E-state index contributed by atoms with van der Waals surface area (Å²) in [6, 6.07) is 11.3. The van der Waals surface area contributed by atoms with Crippen LogP contribution in [0.15, 0.2) is 46.3 Å². The number of amides is 2. The van der Waals surface area contributed by atoms with Crippen LogP contribution in [0.5, 0.6) is 0 Å². The van der Waals surface area contributed by atoms with Crippen LogP contribution in [-0.4, -0.2) is 62.7 Å². The number of aromatic amines is 1. The molecule has 2 saturated heterocycles. The quantitative estimate of drug-likeness (QED) is 0.513. The number of aromatic nitrogens is 2. The lowest BCUT2D eigenvalue weighted by Crippen LogP contribution is -2.49. The molecule has 0 saturated carbocycles. The SMILES string of the molecule is CC1C(c2ccccc2)OC(=O)N1C1CCN(C(=O)CSc2nc(C(C)(C)C)cc(=O)[nH]2)CC1. The van der Waals surface area contributed by atoms with E-state index in [-0.39, 0.29) is 46.9 Å². The molecule has 2 aromatic rings. The zero-order valence-corrected chi connectivity index (χ0v) is 20.9. The number of nitrogens with one attached hydrogen (secondary N) is 1. The van der Waals surface area contributed by atoms with E-state index < -0.39 is 0 Å². The molecule has 2 aliphatic heterocycles. The van der Waals surface area contributed by atoms with Crippen LogP contribution in [0.3, 0.4) is 0 Å². The fourth-order valence-corrected chi connectivity index (χ4v) is 5.33. The molecule has 34 heavy (non-hydrogen) atoms. The molecule has 0 bridgehead atoms. The highest BCUT2D eigenvalue weighted by Crippen LogP contribution is 2.35. The normalized spacial score (nSPS) is 21.6. The molecular weight excluding hydrogens is 452 g/mol. The van der Waals surface area contributed by atoms with E-state index in [1.54, 1.807) is 0 Å². The summed E-state index contributed by atoms with van der Waals surface area (Å²) in [5.41, 5.74) is 1.24. The van der Waals surface area contributed by atoms with Crippen molar-refractivity contribution in [1.29, 1.82) is 0 Å². The van der Waals surface area contributed by atoms with Crippen LogP contribution in [0.25, 0.3) is 0 Å². The van der Waals surface area contributed by atoms with Gasteiger partial charge in [0.2, 0.25) is 5.91 Å². The van der Waals surface area contributed by atoms with Crippen LogP contribution in [0.4, 0.5) is 4.79 Å².